The van der Waals surface area contributed by atoms with Gasteiger partial charge in [-0.15, -0.1) is 0 Å². The van der Waals surface area contributed by atoms with Crippen molar-refractivity contribution in [3.8, 4) is 5.75 Å². The molecule has 2 rings (SSSR count). The average molecular weight is 381 g/mol. The fourth-order valence-electron chi connectivity index (χ4n) is 2.06. The fraction of sp³-hybridized carbons (Fsp3) is 0.222. The van der Waals surface area contributed by atoms with E-state index < -0.39 is 0 Å². The Hall–Kier alpha value is -2.24. The van der Waals surface area contributed by atoms with Crippen LogP contribution in [0.15, 0.2) is 48.5 Å². The monoisotopic (exact) mass is 380 g/mol. The molecule has 2 N–H and O–H groups in total. The van der Waals surface area contributed by atoms with Gasteiger partial charge in [-0.1, -0.05) is 41.4 Å². The van der Waals surface area contributed by atoms with Crippen molar-refractivity contribution in [1.82, 2.24) is 10.6 Å². The molecule has 0 saturated heterocycles. The number of amides is 2. The molecule has 0 fully saturated rings. The Bertz CT molecular complexity index is 703. The number of benzene rings is 2. The van der Waals surface area contributed by atoms with E-state index in [1.165, 1.54) is 0 Å². The zero-order chi connectivity index (χ0) is 18.1. The summed E-state index contributed by atoms with van der Waals surface area (Å²) in [4.78, 5) is 23.4. The third-order valence-electron chi connectivity index (χ3n) is 3.22. The molecule has 0 unspecified atom stereocenters. The maximum absolute atomic E-state index is 11.7. The Morgan fingerprint density at radius 1 is 0.920 bits per heavy atom. The minimum absolute atomic E-state index is 0.104. The predicted octanol–water partition coefficient (Wildman–Crippen LogP) is 2.85. The smallest absolute Gasteiger partial charge is 0.258 e. The number of hydrogen-bond donors (Lipinski definition) is 2. The van der Waals surface area contributed by atoms with E-state index in [4.69, 9.17) is 27.9 Å². The van der Waals surface area contributed by atoms with Crippen LogP contribution in [0.5, 0.6) is 5.75 Å². The van der Waals surface area contributed by atoms with Crippen molar-refractivity contribution in [2.24, 2.45) is 0 Å². The van der Waals surface area contributed by atoms with Gasteiger partial charge in [0.05, 0.1) is 6.54 Å². The van der Waals surface area contributed by atoms with E-state index >= 15 is 0 Å². The Morgan fingerprint density at radius 2 is 1.60 bits per heavy atom. The first-order chi connectivity index (χ1) is 12.0. The lowest BCUT2D eigenvalue weighted by Crippen LogP contribution is -2.39. The van der Waals surface area contributed by atoms with E-state index in [1.807, 2.05) is 18.2 Å². The Morgan fingerprint density at radius 3 is 2.28 bits per heavy atom. The second-order valence-corrected chi connectivity index (χ2v) is 6.13. The predicted molar refractivity (Wildman–Crippen MR) is 98.1 cm³/mol. The second-order valence-electron chi connectivity index (χ2n) is 5.26. The minimum Gasteiger partial charge on any atom is -0.484 e. The van der Waals surface area contributed by atoms with Crippen LogP contribution in [0.3, 0.4) is 0 Å². The standard InChI is InChI=1S/C18H18Cl2N2O3/c19-14-8-13(9-15(20)10-14)6-7-21-17(23)11-22-18(24)12-25-16-4-2-1-3-5-16/h1-5,8-10H,6-7,11-12H2,(H,21,23)(H,22,24). The van der Waals surface area contributed by atoms with Crippen molar-refractivity contribution in [2.45, 2.75) is 6.42 Å². The van der Waals surface area contributed by atoms with Crippen molar-refractivity contribution in [3.63, 3.8) is 0 Å². The van der Waals surface area contributed by atoms with Crippen LogP contribution in [0.1, 0.15) is 5.56 Å². The molecule has 7 heteroatoms. The van der Waals surface area contributed by atoms with Gasteiger partial charge >= 0.3 is 0 Å². The quantitative estimate of drug-likeness (QED) is 0.739. The molecule has 0 radical (unpaired) electrons. The van der Waals surface area contributed by atoms with E-state index in [9.17, 15) is 9.59 Å². The number of ether oxygens (including phenoxy) is 1. The van der Waals surface area contributed by atoms with Gasteiger partial charge in [0.2, 0.25) is 5.91 Å². The van der Waals surface area contributed by atoms with E-state index in [1.54, 1.807) is 30.3 Å². The lowest BCUT2D eigenvalue weighted by Gasteiger charge is -2.08. The first-order valence-corrected chi connectivity index (χ1v) is 8.45. The molecule has 0 heterocycles. The molecule has 0 spiro atoms. The largest absolute Gasteiger partial charge is 0.484 e. The molecule has 0 aromatic heterocycles. The number of carbonyl (C=O) groups excluding carboxylic acids is 2. The minimum atomic E-state index is -0.361. The highest BCUT2D eigenvalue weighted by molar-refractivity contribution is 6.34. The first kappa shape index (κ1) is 19.1. The first-order valence-electron chi connectivity index (χ1n) is 7.69. The zero-order valence-electron chi connectivity index (χ0n) is 13.4. The Kier molecular flexibility index (Phi) is 7.57. The average Bonchev–Trinajstić information content (AvgIpc) is 2.58. The number of para-hydroxylation sites is 1. The molecule has 25 heavy (non-hydrogen) atoms. The molecule has 0 bridgehead atoms. The summed E-state index contributed by atoms with van der Waals surface area (Å²) in [6.07, 6.45) is 0.594. The van der Waals surface area contributed by atoms with E-state index in [0.29, 0.717) is 28.8 Å². The summed E-state index contributed by atoms with van der Waals surface area (Å²) < 4.78 is 5.29. The molecule has 5 nitrogen and oxygen atoms in total. The molecule has 2 aromatic rings. The van der Waals surface area contributed by atoms with Crippen LogP contribution in [0.25, 0.3) is 0 Å². The number of carbonyl (C=O) groups is 2. The van der Waals surface area contributed by atoms with Crippen LogP contribution in [0.4, 0.5) is 0 Å². The van der Waals surface area contributed by atoms with Crippen LogP contribution in [-0.2, 0) is 16.0 Å². The summed E-state index contributed by atoms with van der Waals surface area (Å²) in [5.41, 5.74) is 0.929. The topological polar surface area (TPSA) is 67.4 Å². The summed E-state index contributed by atoms with van der Waals surface area (Å²) in [6, 6.07) is 14.2. The molecular weight excluding hydrogens is 363 g/mol. The summed E-state index contributed by atoms with van der Waals surface area (Å²) in [5, 5.41) is 6.33. The molecule has 0 aliphatic carbocycles. The molecular formula is C18H18Cl2N2O3. The van der Waals surface area contributed by atoms with Crippen molar-refractivity contribution >= 4 is 35.0 Å². The molecule has 132 valence electrons. The summed E-state index contributed by atoms with van der Waals surface area (Å²) in [5.74, 6) is -0.0379. The highest BCUT2D eigenvalue weighted by Crippen LogP contribution is 2.19. The lowest BCUT2D eigenvalue weighted by molar-refractivity contribution is -0.127. The maximum atomic E-state index is 11.7. The number of rotatable bonds is 8. The third kappa shape index (κ3) is 7.45. The summed E-state index contributed by atoms with van der Waals surface area (Å²) >= 11 is 11.8. The van der Waals surface area contributed by atoms with Gasteiger partial charge in [0.25, 0.3) is 5.91 Å². The maximum Gasteiger partial charge on any atom is 0.258 e. The molecule has 2 aromatic carbocycles. The second kappa shape index (κ2) is 9.91. The number of halogens is 2. The number of hydrogen-bond acceptors (Lipinski definition) is 3. The van der Waals surface area contributed by atoms with Crippen LogP contribution in [0.2, 0.25) is 10.0 Å². The van der Waals surface area contributed by atoms with Crippen LogP contribution < -0.4 is 15.4 Å². The van der Waals surface area contributed by atoms with Crippen LogP contribution >= 0.6 is 23.2 Å². The zero-order valence-corrected chi connectivity index (χ0v) is 14.9. The van der Waals surface area contributed by atoms with Crippen molar-refractivity contribution in [2.75, 3.05) is 19.7 Å². The van der Waals surface area contributed by atoms with Crippen molar-refractivity contribution in [3.05, 3.63) is 64.1 Å². The van der Waals surface area contributed by atoms with E-state index in [2.05, 4.69) is 10.6 Å². The summed E-state index contributed by atoms with van der Waals surface area (Å²) in [7, 11) is 0. The van der Waals surface area contributed by atoms with Gasteiger partial charge in [0.15, 0.2) is 6.61 Å². The van der Waals surface area contributed by atoms with E-state index in [-0.39, 0.29) is 25.0 Å². The van der Waals surface area contributed by atoms with Gasteiger partial charge in [0.1, 0.15) is 5.75 Å². The molecule has 0 atom stereocenters. The molecule has 0 saturated carbocycles. The SMILES string of the molecule is O=C(CNC(=O)COc1ccccc1)NCCc1cc(Cl)cc(Cl)c1. The van der Waals surface area contributed by atoms with Gasteiger partial charge in [-0.3, -0.25) is 9.59 Å². The highest BCUT2D eigenvalue weighted by Gasteiger charge is 2.06. The van der Waals surface area contributed by atoms with Crippen LogP contribution in [0, 0.1) is 0 Å². The number of nitrogens with one attached hydrogen (secondary N) is 2. The van der Waals surface area contributed by atoms with Gasteiger partial charge in [-0.05, 0) is 42.3 Å². The molecule has 0 aliphatic rings. The van der Waals surface area contributed by atoms with Gasteiger partial charge in [-0.2, -0.15) is 0 Å². The molecule has 2 amide bonds. The van der Waals surface area contributed by atoms with Crippen molar-refractivity contribution in [1.29, 1.82) is 0 Å². The normalized spacial score (nSPS) is 10.2. The molecule has 0 aliphatic heterocycles. The van der Waals surface area contributed by atoms with Crippen molar-refractivity contribution < 1.29 is 14.3 Å². The van der Waals surface area contributed by atoms with Crippen LogP contribution in [-0.4, -0.2) is 31.5 Å². The van der Waals surface area contributed by atoms with Gasteiger partial charge in [-0.25, -0.2) is 0 Å². The third-order valence-corrected chi connectivity index (χ3v) is 3.65. The Balaban J connectivity index is 1.62. The van der Waals surface area contributed by atoms with E-state index in [0.717, 1.165) is 5.56 Å². The highest BCUT2D eigenvalue weighted by atomic mass is 35.5. The van der Waals surface area contributed by atoms with Gasteiger partial charge < -0.3 is 15.4 Å². The van der Waals surface area contributed by atoms with Gasteiger partial charge in [0, 0.05) is 16.6 Å². The Labute approximate surface area is 156 Å². The summed E-state index contributed by atoms with van der Waals surface area (Å²) in [6.45, 7) is 0.178. The lowest BCUT2D eigenvalue weighted by atomic mass is 10.1. The fourth-order valence-corrected chi connectivity index (χ4v) is 2.63.